The van der Waals surface area contributed by atoms with Gasteiger partial charge in [-0.15, -0.1) is 0 Å². The molecule has 1 saturated heterocycles. The Bertz CT molecular complexity index is 980. The Labute approximate surface area is 188 Å². The number of amides is 3. The van der Waals surface area contributed by atoms with Crippen molar-refractivity contribution < 1.29 is 19.1 Å². The Morgan fingerprint density at radius 3 is 2.12 bits per heavy atom. The van der Waals surface area contributed by atoms with Crippen LogP contribution in [0.3, 0.4) is 0 Å². The molecule has 2 aromatic rings. The standard InChI is InChI=1S/C25H29N3O4/c1-25(2,3)32-24(31)27-14-13-26(15-18-9-5-4-6-10-18)19(16-27)17-28-22(29)20-11-7-8-12-21(20)23(28)30/h4-12,19H,13-17H2,1-3H3/t19-/m1/s1. The monoisotopic (exact) mass is 435 g/mol. The molecule has 2 aliphatic heterocycles. The number of benzene rings is 2. The highest BCUT2D eigenvalue weighted by atomic mass is 16.6. The van der Waals surface area contributed by atoms with Gasteiger partial charge in [-0.2, -0.15) is 0 Å². The second-order valence-electron chi connectivity index (χ2n) is 9.30. The van der Waals surface area contributed by atoms with Crippen LogP contribution in [-0.4, -0.2) is 70.4 Å². The summed E-state index contributed by atoms with van der Waals surface area (Å²) in [6, 6.07) is 16.8. The van der Waals surface area contributed by atoms with Crippen LogP contribution < -0.4 is 0 Å². The van der Waals surface area contributed by atoms with Gasteiger partial charge in [-0.25, -0.2) is 4.79 Å². The van der Waals surface area contributed by atoms with Gasteiger partial charge in [-0.3, -0.25) is 19.4 Å². The van der Waals surface area contributed by atoms with Crippen molar-refractivity contribution in [2.24, 2.45) is 0 Å². The number of ether oxygens (including phenoxy) is 1. The first-order valence-electron chi connectivity index (χ1n) is 10.9. The van der Waals surface area contributed by atoms with E-state index in [0.29, 0.717) is 37.3 Å². The Hall–Kier alpha value is -3.19. The predicted molar refractivity (Wildman–Crippen MR) is 120 cm³/mol. The topological polar surface area (TPSA) is 70.2 Å². The second kappa shape index (κ2) is 8.74. The van der Waals surface area contributed by atoms with Gasteiger partial charge in [0, 0.05) is 38.8 Å². The molecule has 7 heteroatoms. The highest BCUT2D eigenvalue weighted by Crippen LogP contribution is 2.25. The van der Waals surface area contributed by atoms with E-state index in [2.05, 4.69) is 17.0 Å². The van der Waals surface area contributed by atoms with Gasteiger partial charge in [0.1, 0.15) is 5.60 Å². The van der Waals surface area contributed by atoms with Crippen molar-refractivity contribution in [3.05, 3.63) is 71.3 Å². The number of carbonyl (C=O) groups excluding carboxylic acids is 3. The minimum absolute atomic E-state index is 0.196. The fourth-order valence-electron chi connectivity index (χ4n) is 4.20. The summed E-state index contributed by atoms with van der Waals surface area (Å²) in [4.78, 5) is 43.8. The average Bonchev–Trinajstić information content (AvgIpc) is 2.99. The lowest BCUT2D eigenvalue weighted by Gasteiger charge is -2.42. The molecule has 1 atom stereocenters. The molecule has 2 aromatic carbocycles. The Kier molecular flexibility index (Phi) is 6.02. The van der Waals surface area contributed by atoms with Crippen molar-refractivity contribution in [3.8, 4) is 0 Å². The maximum Gasteiger partial charge on any atom is 0.410 e. The van der Waals surface area contributed by atoms with E-state index in [-0.39, 0.29) is 30.5 Å². The van der Waals surface area contributed by atoms with Crippen LogP contribution in [-0.2, 0) is 11.3 Å². The van der Waals surface area contributed by atoms with Crippen LogP contribution in [0.5, 0.6) is 0 Å². The molecule has 0 radical (unpaired) electrons. The molecule has 0 aromatic heterocycles. The number of fused-ring (bicyclic) bond motifs is 1. The average molecular weight is 436 g/mol. The van der Waals surface area contributed by atoms with Gasteiger partial charge in [-0.1, -0.05) is 42.5 Å². The number of imide groups is 1. The molecule has 3 amide bonds. The molecule has 32 heavy (non-hydrogen) atoms. The normalized spacial score (nSPS) is 19.3. The molecule has 0 aliphatic carbocycles. The quantitative estimate of drug-likeness (QED) is 0.689. The van der Waals surface area contributed by atoms with Crippen LogP contribution in [0, 0.1) is 0 Å². The number of piperazine rings is 1. The Balaban J connectivity index is 1.54. The number of carbonyl (C=O) groups is 3. The van der Waals surface area contributed by atoms with E-state index >= 15 is 0 Å². The van der Waals surface area contributed by atoms with E-state index in [1.54, 1.807) is 29.2 Å². The summed E-state index contributed by atoms with van der Waals surface area (Å²) in [5, 5.41) is 0. The summed E-state index contributed by atoms with van der Waals surface area (Å²) < 4.78 is 5.56. The number of hydrogen-bond acceptors (Lipinski definition) is 5. The Morgan fingerprint density at radius 2 is 1.53 bits per heavy atom. The molecular formula is C25H29N3O4. The minimum Gasteiger partial charge on any atom is -0.444 e. The van der Waals surface area contributed by atoms with E-state index < -0.39 is 5.60 Å². The summed E-state index contributed by atoms with van der Waals surface area (Å²) in [5.41, 5.74) is 1.43. The Morgan fingerprint density at radius 1 is 0.938 bits per heavy atom. The van der Waals surface area contributed by atoms with Crippen molar-refractivity contribution in [3.63, 3.8) is 0 Å². The van der Waals surface area contributed by atoms with Gasteiger partial charge in [-0.05, 0) is 38.5 Å². The molecule has 2 heterocycles. The van der Waals surface area contributed by atoms with Crippen LogP contribution in [0.15, 0.2) is 54.6 Å². The lowest BCUT2D eigenvalue weighted by atomic mass is 10.1. The highest BCUT2D eigenvalue weighted by Gasteiger charge is 2.40. The third-order valence-electron chi connectivity index (χ3n) is 5.76. The zero-order chi connectivity index (χ0) is 22.9. The number of hydrogen-bond donors (Lipinski definition) is 0. The second-order valence-corrected chi connectivity index (χ2v) is 9.30. The molecule has 0 spiro atoms. The summed E-state index contributed by atoms with van der Waals surface area (Å²) in [6.45, 7) is 7.96. The van der Waals surface area contributed by atoms with Crippen LogP contribution in [0.25, 0.3) is 0 Å². The van der Waals surface area contributed by atoms with Gasteiger partial charge >= 0.3 is 6.09 Å². The minimum atomic E-state index is -0.587. The SMILES string of the molecule is CC(C)(C)OC(=O)N1CCN(Cc2ccccc2)[C@@H](CN2C(=O)c3ccccc3C2=O)C1. The number of rotatable bonds is 4. The van der Waals surface area contributed by atoms with E-state index in [1.807, 2.05) is 39.0 Å². The zero-order valence-corrected chi connectivity index (χ0v) is 18.8. The van der Waals surface area contributed by atoms with Crippen molar-refractivity contribution in [2.45, 2.75) is 39.0 Å². The molecule has 0 bridgehead atoms. The smallest absolute Gasteiger partial charge is 0.410 e. The van der Waals surface area contributed by atoms with Crippen LogP contribution in [0.1, 0.15) is 47.1 Å². The fraction of sp³-hybridized carbons (Fsp3) is 0.400. The molecule has 1 fully saturated rings. The lowest BCUT2D eigenvalue weighted by Crippen LogP contribution is -2.58. The first-order valence-corrected chi connectivity index (χ1v) is 10.9. The highest BCUT2D eigenvalue weighted by molar-refractivity contribution is 6.21. The van der Waals surface area contributed by atoms with E-state index in [9.17, 15) is 14.4 Å². The molecule has 0 unspecified atom stereocenters. The van der Waals surface area contributed by atoms with Crippen LogP contribution in [0.2, 0.25) is 0 Å². The van der Waals surface area contributed by atoms with E-state index in [4.69, 9.17) is 4.74 Å². The molecule has 0 N–H and O–H groups in total. The van der Waals surface area contributed by atoms with Crippen LogP contribution in [0.4, 0.5) is 4.79 Å². The van der Waals surface area contributed by atoms with Crippen molar-refractivity contribution >= 4 is 17.9 Å². The molecule has 0 saturated carbocycles. The number of nitrogens with zero attached hydrogens (tertiary/aromatic N) is 3. The zero-order valence-electron chi connectivity index (χ0n) is 18.8. The third-order valence-corrected chi connectivity index (χ3v) is 5.76. The summed E-state index contributed by atoms with van der Waals surface area (Å²) in [7, 11) is 0. The largest absolute Gasteiger partial charge is 0.444 e. The van der Waals surface area contributed by atoms with Gasteiger partial charge in [0.05, 0.1) is 11.1 Å². The van der Waals surface area contributed by atoms with E-state index in [1.165, 1.54) is 4.90 Å². The first-order chi connectivity index (χ1) is 15.2. The van der Waals surface area contributed by atoms with Gasteiger partial charge in [0.25, 0.3) is 11.8 Å². The van der Waals surface area contributed by atoms with Crippen molar-refractivity contribution in [1.29, 1.82) is 0 Å². The van der Waals surface area contributed by atoms with Gasteiger partial charge in [0.15, 0.2) is 0 Å². The van der Waals surface area contributed by atoms with Crippen molar-refractivity contribution in [2.75, 3.05) is 26.2 Å². The van der Waals surface area contributed by atoms with Gasteiger partial charge in [0.2, 0.25) is 0 Å². The van der Waals surface area contributed by atoms with E-state index in [0.717, 1.165) is 5.56 Å². The van der Waals surface area contributed by atoms with Gasteiger partial charge < -0.3 is 9.64 Å². The molecule has 168 valence electrons. The van der Waals surface area contributed by atoms with Crippen molar-refractivity contribution in [1.82, 2.24) is 14.7 Å². The maximum absolute atomic E-state index is 12.9. The fourth-order valence-corrected chi connectivity index (χ4v) is 4.20. The predicted octanol–water partition coefficient (Wildman–Crippen LogP) is 3.40. The summed E-state index contributed by atoms with van der Waals surface area (Å²) in [6.07, 6.45) is -0.371. The lowest BCUT2D eigenvalue weighted by molar-refractivity contribution is -0.00103. The third kappa shape index (κ3) is 4.67. The molecule has 7 nitrogen and oxygen atoms in total. The molecular weight excluding hydrogens is 406 g/mol. The first kappa shape index (κ1) is 22.0. The van der Waals surface area contributed by atoms with Crippen LogP contribution >= 0.6 is 0 Å². The molecule has 2 aliphatic rings. The maximum atomic E-state index is 12.9. The summed E-state index contributed by atoms with van der Waals surface area (Å²) in [5.74, 6) is -0.556. The summed E-state index contributed by atoms with van der Waals surface area (Å²) >= 11 is 0. The molecule has 4 rings (SSSR count).